The second-order valence-corrected chi connectivity index (χ2v) is 5.27. The van der Waals surface area contributed by atoms with Gasteiger partial charge in [0.1, 0.15) is 18.1 Å². The molecule has 0 bridgehead atoms. The van der Waals surface area contributed by atoms with Crippen molar-refractivity contribution in [2.45, 2.75) is 6.61 Å². The quantitative estimate of drug-likeness (QED) is 0.781. The second kappa shape index (κ2) is 7.40. The van der Waals surface area contributed by atoms with E-state index >= 15 is 0 Å². The van der Waals surface area contributed by atoms with E-state index in [-0.39, 0.29) is 18.3 Å². The molecule has 0 radical (unpaired) electrons. The first-order valence-electron chi connectivity index (χ1n) is 6.06. The summed E-state index contributed by atoms with van der Waals surface area (Å²) < 4.78 is 11.9. The molecule has 1 aromatic heterocycles. The number of carbonyl (C=O) groups is 1. The summed E-state index contributed by atoms with van der Waals surface area (Å²) in [5, 5.41) is 2.69. The van der Waals surface area contributed by atoms with Gasteiger partial charge in [-0.15, -0.1) is 0 Å². The number of halogens is 1. The molecule has 0 saturated heterocycles. The number of para-hydroxylation sites is 1. The summed E-state index contributed by atoms with van der Waals surface area (Å²) in [6.45, 7) is 0.772. The molecule has 1 amide bonds. The van der Waals surface area contributed by atoms with Gasteiger partial charge in [0.15, 0.2) is 5.76 Å². The fourth-order valence-corrected chi connectivity index (χ4v) is 2.06. The summed E-state index contributed by atoms with van der Waals surface area (Å²) >= 11 is 7.43. The molecule has 1 N–H and O–H groups in total. The minimum absolute atomic E-state index is 0.244. The molecule has 0 fully saturated rings. The number of ether oxygens (including phenoxy) is 1. The van der Waals surface area contributed by atoms with Gasteiger partial charge in [0.05, 0.1) is 4.47 Å². The predicted molar refractivity (Wildman–Crippen MR) is 83.4 cm³/mol. The van der Waals surface area contributed by atoms with Crippen molar-refractivity contribution in [3.05, 3.63) is 52.4 Å². The van der Waals surface area contributed by atoms with Crippen LogP contribution in [0.3, 0.4) is 0 Å². The standard InChI is InChI=1S/C14H14BrNO3S/c15-11-3-1-2-4-12(11)18-9-10-5-6-13(19-10)14(17)16-7-8-20/h1-6,20H,7-9H2,(H,16,17). The molecule has 6 heteroatoms. The minimum atomic E-state index is -0.244. The van der Waals surface area contributed by atoms with E-state index < -0.39 is 0 Å². The average molecular weight is 356 g/mol. The average Bonchev–Trinajstić information content (AvgIpc) is 2.93. The van der Waals surface area contributed by atoms with Crippen LogP contribution in [0.5, 0.6) is 5.75 Å². The van der Waals surface area contributed by atoms with E-state index in [0.29, 0.717) is 18.1 Å². The number of nitrogens with one attached hydrogen (secondary N) is 1. The lowest BCUT2D eigenvalue weighted by molar-refractivity contribution is 0.0924. The van der Waals surface area contributed by atoms with E-state index in [1.54, 1.807) is 12.1 Å². The topological polar surface area (TPSA) is 51.5 Å². The van der Waals surface area contributed by atoms with Crippen LogP contribution in [0.1, 0.15) is 16.3 Å². The van der Waals surface area contributed by atoms with E-state index in [4.69, 9.17) is 9.15 Å². The minimum Gasteiger partial charge on any atom is -0.484 e. The molecular formula is C14H14BrNO3S. The molecule has 0 saturated carbocycles. The molecule has 1 aromatic carbocycles. The molecule has 2 rings (SSSR count). The third-order valence-electron chi connectivity index (χ3n) is 2.49. The van der Waals surface area contributed by atoms with Crippen LogP contribution >= 0.6 is 28.6 Å². The van der Waals surface area contributed by atoms with Crippen molar-refractivity contribution < 1.29 is 13.9 Å². The van der Waals surface area contributed by atoms with E-state index in [1.165, 1.54) is 0 Å². The highest BCUT2D eigenvalue weighted by Gasteiger charge is 2.11. The van der Waals surface area contributed by atoms with Crippen LogP contribution < -0.4 is 10.1 Å². The molecular weight excluding hydrogens is 342 g/mol. The molecule has 0 aliphatic carbocycles. The van der Waals surface area contributed by atoms with E-state index in [0.717, 1.165) is 10.2 Å². The number of rotatable bonds is 6. The maximum atomic E-state index is 11.7. The van der Waals surface area contributed by atoms with Crippen molar-refractivity contribution in [1.29, 1.82) is 0 Å². The molecule has 0 atom stereocenters. The third-order valence-corrected chi connectivity index (χ3v) is 3.37. The maximum absolute atomic E-state index is 11.7. The van der Waals surface area contributed by atoms with Gasteiger partial charge in [-0.2, -0.15) is 12.6 Å². The van der Waals surface area contributed by atoms with Gasteiger partial charge in [-0.25, -0.2) is 0 Å². The lowest BCUT2D eigenvalue weighted by Gasteiger charge is -2.05. The van der Waals surface area contributed by atoms with Crippen molar-refractivity contribution in [2.75, 3.05) is 12.3 Å². The monoisotopic (exact) mass is 355 g/mol. The Hall–Kier alpha value is -1.40. The summed E-state index contributed by atoms with van der Waals surface area (Å²) in [6, 6.07) is 10.9. The largest absolute Gasteiger partial charge is 0.484 e. The number of carbonyl (C=O) groups excluding carboxylic acids is 1. The highest BCUT2D eigenvalue weighted by Crippen LogP contribution is 2.24. The molecule has 106 valence electrons. The van der Waals surface area contributed by atoms with Gasteiger partial charge in [-0.05, 0) is 40.2 Å². The van der Waals surface area contributed by atoms with Crippen LogP contribution in [0.15, 0.2) is 45.3 Å². The van der Waals surface area contributed by atoms with Gasteiger partial charge in [0.25, 0.3) is 5.91 Å². The Kier molecular flexibility index (Phi) is 5.55. The Morgan fingerprint density at radius 1 is 1.30 bits per heavy atom. The number of hydrogen-bond acceptors (Lipinski definition) is 4. The maximum Gasteiger partial charge on any atom is 0.287 e. The summed E-state index contributed by atoms with van der Waals surface area (Å²) in [5.74, 6) is 1.94. The van der Waals surface area contributed by atoms with Gasteiger partial charge in [0.2, 0.25) is 0 Å². The van der Waals surface area contributed by atoms with E-state index in [2.05, 4.69) is 33.9 Å². The predicted octanol–water partition coefficient (Wildman–Crippen LogP) is 3.28. The number of benzene rings is 1. The normalized spacial score (nSPS) is 10.3. The fourth-order valence-electron chi connectivity index (χ4n) is 1.54. The molecule has 1 heterocycles. The summed E-state index contributed by atoms with van der Waals surface area (Å²) in [5.41, 5.74) is 0. The van der Waals surface area contributed by atoms with Crippen LogP contribution in [-0.4, -0.2) is 18.2 Å². The zero-order valence-electron chi connectivity index (χ0n) is 10.6. The number of hydrogen-bond donors (Lipinski definition) is 2. The molecule has 0 spiro atoms. The van der Waals surface area contributed by atoms with Crippen molar-refractivity contribution in [3.8, 4) is 5.75 Å². The highest BCUT2D eigenvalue weighted by atomic mass is 79.9. The summed E-state index contributed by atoms with van der Waals surface area (Å²) in [7, 11) is 0. The van der Waals surface area contributed by atoms with Crippen molar-refractivity contribution in [3.63, 3.8) is 0 Å². The number of thiol groups is 1. The van der Waals surface area contributed by atoms with Gasteiger partial charge < -0.3 is 14.5 Å². The van der Waals surface area contributed by atoms with Gasteiger partial charge >= 0.3 is 0 Å². The SMILES string of the molecule is O=C(NCCS)c1ccc(COc2ccccc2Br)o1. The van der Waals surface area contributed by atoms with Crippen molar-refractivity contribution in [1.82, 2.24) is 5.32 Å². The second-order valence-electron chi connectivity index (χ2n) is 3.96. The molecule has 2 aromatic rings. The van der Waals surface area contributed by atoms with Crippen LogP contribution in [0.2, 0.25) is 0 Å². The summed E-state index contributed by atoms with van der Waals surface area (Å²) in [6.07, 6.45) is 0. The van der Waals surface area contributed by atoms with Crippen molar-refractivity contribution in [2.24, 2.45) is 0 Å². The molecule has 20 heavy (non-hydrogen) atoms. The molecule has 0 aliphatic heterocycles. The molecule has 0 unspecified atom stereocenters. The van der Waals surface area contributed by atoms with Crippen LogP contribution in [0.4, 0.5) is 0 Å². The Labute approximate surface area is 131 Å². The zero-order valence-corrected chi connectivity index (χ0v) is 13.1. The summed E-state index contributed by atoms with van der Waals surface area (Å²) in [4.78, 5) is 11.7. The Balaban J connectivity index is 1.93. The highest BCUT2D eigenvalue weighted by molar-refractivity contribution is 9.10. The van der Waals surface area contributed by atoms with Crippen LogP contribution in [-0.2, 0) is 6.61 Å². The van der Waals surface area contributed by atoms with Crippen LogP contribution in [0, 0.1) is 0 Å². The Bertz CT molecular complexity index is 585. The number of amides is 1. The first kappa shape index (κ1) is 15.0. The van der Waals surface area contributed by atoms with Gasteiger partial charge in [-0.1, -0.05) is 12.1 Å². The van der Waals surface area contributed by atoms with E-state index in [9.17, 15) is 4.79 Å². The van der Waals surface area contributed by atoms with E-state index in [1.807, 2.05) is 24.3 Å². The molecule has 0 aliphatic rings. The first-order valence-corrected chi connectivity index (χ1v) is 7.48. The lowest BCUT2D eigenvalue weighted by atomic mass is 10.3. The van der Waals surface area contributed by atoms with Gasteiger partial charge in [-0.3, -0.25) is 4.79 Å². The third kappa shape index (κ3) is 4.05. The van der Waals surface area contributed by atoms with Crippen LogP contribution in [0.25, 0.3) is 0 Å². The Morgan fingerprint density at radius 2 is 2.10 bits per heavy atom. The fraction of sp³-hybridized carbons (Fsp3) is 0.214. The van der Waals surface area contributed by atoms with Gasteiger partial charge in [0, 0.05) is 12.3 Å². The first-order chi connectivity index (χ1) is 9.70. The zero-order chi connectivity index (χ0) is 14.4. The lowest BCUT2D eigenvalue weighted by Crippen LogP contribution is -2.24. The Morgan fingerprint density at radius 3 is 2.85 bits per heavy atom. The smallest absolute Gasteiger partial charge is 0.287 e. The number of furan rings is 1. The van der Waals surface area contributed by atoms with Crippen molar-refractivity contribution >= 4 is 34.5 Å². The molecule has 4 nitrogen and oxygen atoms in total.